The third kappa shape index (κ3) is 2.99. The number of halogens is 1. The summed E-state index contributed by atoms with van der Waals surface area (Å²) >= 11 is 3.48. The molecule has 1 aromatic carbocycles. The van der Waals surface area contributed by atoms with E-state index < -0.39 is 5.92 Å². The lowest BCUT2D eigenvalue weighted by molar-refractivity contribution is -0.132. The molecule has 2 atom stereocenters. The van der Waals surface area contributed by atoms with Crippen LogP contribution in [0.4, 0.5) is 5.69 Å². The zero-order valence-electron chi connectivity index (χ0n) is 13.7. The molecule has 1 aliphatic heterocycles. The van der Waals surface area contributed by atoms with Crippen molar-refractivity contribution in [2.75, 3.05) is 11.4 Å². The van der Waals surface area contributed by atoms with Gasteiger partial charge in [-0.05, 0) is 53.4 Å². The number of hydrogen-bond donors (Lipinski definition) is 1. The number of fused-ring (bicyclic) bond motifs is 1. The maximum atomic E-state index is 12.8. The maximum absolute atomic E-state index is 12.8. The SMILES string of the molecule is O=C(NC1CCCc2occc21)C1CCN(c2ccccc2Br)C1=O. The summed E-state index contributed by atoms with van der Waals surface area (Å²) in [6.45, 7) is 0.557. The highest BCUT2D eigenvalue weighted by atomic mass is 79.9. The van der Waals surface area contributed by atoms with Gasteiger partial charge in [-0.3, -0.25) is 9.59 Å². The van der Waals surface area contributed by atoms with Crippen LogP contribution in [0.15, 0.2) is 45.5 Å². The minimum absolute atomic E-state index is 0.0553. The van der Waals surface area contributed by atoms with Gasteiger partial charge in [0.15, 0.2) is 0 Å². The van der Waals surface area contributed by atoms with E-state index in [1.54, 1.807) is 11.2 Å². The molecule has 0 spiro atoms. The third-order valence-electron chi connectivity index (χ3n) is 5.03. The molecule has 0 saturated carbocycles. The van der Waals surface area contributed by atoms with Crippen LogP contribution in [0.3, 0.4) is 0 Å². The number of hydrogen-bond acceptors (Lipinski definition) is 3. The van der Waals surface area contributed by atoms with E-state index in [4.69, 9.17) is 4.42 Å². The van der Waals surface area contributed by atoms with Crippen LogP contribution < -0.4 is 10.2 Å². The maximum Gasteiger partial charge on any atom is 0.239 e. The molecule has 130 valence electrons. The quantitative estimate of drug-likeness (QED) is 0.797. The molecule has 2 aromatic rings. The number of rotatable bonds is 3. The van der Waals surface area contributed by atoms with Gasteiger partial charge in [0.05, 0.1) is 18.0 Å². The van der Waals surface area contributed by atoms with E-state index >= 15 is 0 Å². The molecule has 4 rings (SSSR count). The Bertz CT molecular complexity index is 817. The largest absolute Gasteiger partial charge is 0.469 e. The lowest BCUT2D eigenvalue weighted by Crippen LogP contribution is -2.39. The van der Waals surface area contributed by atoms with E-state index in [-0.39, 0.29) is 17.9 Å². The minimum atomic E-state index is -0.621. The van der Waals surface area contributed by atoms with Crippen molar-refractivity contribution < 1.29 is 14.0 Å². The fraction of sp³-hybridized carbons (Fsp3) is 0.368. The summed E-state index contributed by atoms with van der Waals surface area (Å²) in [5.41, 5.74) is 1.87. The van der Waals surface area contributed by atoms with Crippen molar-refractivity contribution in [2.45, 2.75) is 31.7 Å². The topological polar surface area (TPSA) is 62.6 Å². The van der Waals surface area contributed by atoms with E-state index in [9.17, 15) is 9.59 Å². The molecule has 2 amide bonds. The highest BCUT2D eigenvalue weighted by molar-refractivity contribution is 9.10. The molecule has 2 unspecified atom stereocenters. The van der Waals surface area contributed by atoms with Crippen LogP contribution >= 0.6 is 15.9 Å². The second-order valence-corrected chi connectivity index (χ2v) is 7.39. The van der Waals surface area contributed by atoms with Gasteiger partial charge in [0.2, 0.25) is 11.8 Å². The molecule has 25 heavy (non-hydrogen) atoms. The molecule has 0 bridgehead atoms. The highest BCUT2D eigenvalue weighted by Gasteiger charge is 2.39. The molecule has 2 heterocycles. The van der Waals surface area contributed by atoms with Crippen LogP contribution in [0.2, 0.25) is 0 Å². The number of carbonyl (C=O) groups excluding carboxylic acids is 2. The van der Waals surface area contributed by atoms with Crippen LogP contribution in [0.1, 0.15) is 36.6 Å². The second-order valence-electron chi connectivity index (χ2n) is 6.54. The van der Waals surface area contributed by atoms with Gasteiger partial charge >= 0.3 is 0 Å². The van der Waals surface area contributed by atoms with Crippen LogP contribution in [0.25, 0.3) is 0 Å². The number of benzene rings is 1. The monoisotopic (exact) mass is 402 g/mol. The van der Waals surface area contributed by atoms with Crippen LogP contribution in [-0.2, 0) is 16.0 Å². The Morgan fingerprint density at radius 1 is 1.24 bits per heavy atom. The molecule has 1 fully saturated rings. The first-order chi connectivity index (χ1) is 12.1. The molecule has 0 radical (unpaired) electrons. The second kappa shape index (κ2) is 6.67. The van der Waals surface area contributed by atoms with Gasteiger partial charge in [-0.25, -0.2) is 0 Å². The predicted molar refractivity (Wildman–Crippen MR) is 97.1 cm³/mol. The Kier molecular flexibility index (Phi) is 4.37. The first-order valence-electron chi connectivity index (χ1n) is 8.57. The molecule has 1 N–H and O–H groups in total. The highest BCUT2D eigenvalue weighted by Crippen LogP contribution is 2.33. The first kappa shape index (κ1) is 16.4. The molecule has 1 aliphatic carbocycles. The molecule has 1 aromatic heterocycles. The summed E-state index contributed by atoms with van der Waals surface area (Å²) in [6.07, 6.45) is 4.98. The number of anilines is 1. The Morgan fingerprint density at radius 3 is 2.92 bits per heavy atom. The van der Waals surface area contributed by atoms with Gasteiger partial charge in [0.1, 0.15) is 11.7 Å². The van der Waals surface area contributed by atoms with Gasteiger partial charge in [-0.15, -0.1) is 0 Å². The molecule has 2 aliphatic rings. The van der Waals surface area contributed by atoms with Gasteiger partial charge in [-0.1, -0.05) is 12.1 Å². The zero-order valence-corrected chi connectivity index (χ0v) is 15.3. The Morgan fingerprint density at radius 2 is 2.08 bits per heavy atom. The minimum Gasteiger partial charge on any atom is -0.469 e. The van der Waals surface area contributed by atoms with Gasteiger partial charge < -0.3 is 14.6 Å². The number of amides is 2. The van der Waals surface area contributed by atoms with Crippen LogP contribution in [0.5, 0.6) is 0 Å². The number of aryl methyl sites for hydroxylation is 1. The normalized spacial score (nSPS) is 22.8. The Labute approximate surface area is 154 Å². The van der Waals surface area contributed by atoms with Gasteiger partial charge in [-0.2, -0.15) is 0 Å². The molecule has 6 heteroatoms. The van der Waals surface area contributed by atoms with Crippen molar-refractivity contribution in [1.29, 1.82) is 0 Å². The van der Waals surface area contributed by atoms with E-state index in [1.165, 1.54) is 0 Å². The number of nitrogens with one attached hydrogen (secondary N) is 1. The van der Waals surface area contributed by atoms with Crippen LogP contribution in [0, 0.1) is 5.92 Å². The lowest BCUT2D eigenvalue weighted by Gasteiger charge is -2.24. The van der Waals surface area contributed by atoms with Crippen molar-refractivity contribution in [3.05, 3.63) is 52.4 Å². The summed E-state index contributed by atoms with van der Waals surface area (Å²) in [6, 6.07) is 9.45. The number of nitrogens with zero attached hydrogens (tertiary/aromatic N) is 1. The molecule has 1 saturated heterocycles. The van der Waals surface area contributed by atoms with Gasteiger partial charge in [0.25, 0.3) is 0 Å². The Hall–Kier alpha value is -2.08. The standard InChI is InChI=1S/C19H19BrN2O3/c20-14-4-1-2-6-16(14)22-10-8-13(19(22)24)18(23)21-15-5-3-7-17-12(15)9-11-25-17/h1-2,4,6,9,11,13,15H,3,5,7-8,10H2,(H,21,23). The summed E-state index contributed by atoms with van der Waals surface area (Å²) in [4.78, 5) is 27.2. The molecular formula is C19H19BrN2O3. The Balaban J connectivity index is 1.48. The predicted octanol–water partition coefficient (Wildman–Crippen LogP) is 3.59. The number of furan rings is 1. The van der Waals surface area contributed by atoms with E-state index in [2.05, 4.69) is 21.2 Å². The van der Waals surface area contributed by atoms with Crippen LogP contribution in [-0.4, -0.2) is 18.4 Å². The number of para-hydroxylation sites is 1. The summed E-state index contributed by atoms with van der Waals surface area (Å²) in [7, 11) is 0. The summed E-state index contributed by atoms with van der Waals surface area (Å²) in [5, 5.41) is 3.06. The molecular weight excluding hydrogens is 384 g/mol. The fourth-order valence-electron chi connectivity index (χ4n) is 3.74. The van der Waals surface area contributed by atoms with Crippen molar-refractivity contribution in [2.24, 2.45) is 5.92 Å². The average molecular weight is 403 g/mol. The van der Waals surface area contributed by atoms with Gasteiger partial charge in [0, 0.05) is 23.0 Å². The summed E-state index contributed by atoms with van der Waals surface area (Å²) in [5.74, 6) is 0.0137. The zero-order chi connectivity index (χ0) is 17.4. The summed E-state index contributed by atoms with van der Waals surface area (Å²) < 4.78 is 6.33. The van der Waals surface area contributed by atoms with Crippen molar-refractivity contribution in [1.82, 2.24) is 5.32 Å². The van der Waals surface area contributed by atoms with E-state index in [0.717, 1.165) is 40.7 Å². The van der Waals surface area contributed by atoms with E-state index in [0.29, 0.717) is 13.0 Å². The molecule has 5 nitrogen and oxygen atoms in total. The van der Waals surface area contributed by atoms with Crippen molar-refractivity contribution >= 4 is 33.4 Å². The van der Waals surface area contributed by atoms with Crippen molar-refractivity contribution in [3.8, 4) is 0 Å². The lowest BCUT2D eigenvalue weighted by atomic mass is 9.93. The number of carbonyl (C=O) groups is 2. The smallest absolute Gasteiger partial charge is 0.239 e. The third-order valence-corrected chi connectivity index (χ3v) is 5.70. The average Bonchev–Trinajstić information content (AvgIpc) is 3.23. The van der Waals surface area contributed by atoms with Crippen molar-refractivity contribution in [3.63, 3.8) is 0 Å². The fourth-order valence-corrected chi connectivity index (χ4v) is 4.24. The first-order valence-corrected chi connectivity index (χ1v) is 9.37. The van der Waals surface area contributed by atoms with E-state index in [1.807, 2.05) is 30.3 Å².